The molecule has 6 aromatic carbocycles. The van der Waals surface area contributed by atoms with Crippen LogP contribution in [0.25, 0.3) is 0 Å². The van der Waals surface area contributed by atoms with Gasteiger partial charge in [-0.25, -0.2) is 0 Å². The Bertz CT molecular complexity index is 2360. The number of rotatable bonds is 24. The summed E-state index contributed by atoms with van der Waals surface area (Å²) in [5, 5.41) is 11.3. The molecule has 2 saturated heterocycles. The molecule has 2 aliphatic rings. The normalized spacial score (nSPS) is 27.2. The van der Waals surface area contributed by atoms with Crippen molar-refractivity contribution in [3.63, 3.8) is 0 Å². The van der Waals surface area contributed by atoms with Crippen LogP contribution in [0, 0.1) is 5.92 Å². The standard InChI is InChI=1S/C56H62O11/c1-58-55-54(64-38-46-30-18-7-19-31-46)52(62-36-44-26-14-5-15-27-44)51(49(66-55)40-60-34-42-22-10-3-11-23-42)67-56-53(63-37-45-28-16-6-17-29-45)50(61-35-43-24-12-4-13-25-43)47(32-57)48(65-56)39-59-33-41-20-8-2-9-21-41/h2-31,47-57H,32-40H2,1H3/t47-,48-,49-,50+,51-,52+,53-,54-,55+,56?/m1/s1/i33D,35D,37D/t33?,35?,37?,47-,48-,49-,50+,51-,52+,53-,54-,55+,56?. The number of hydrogen-bond donors (Lipinski definition) is 1. The van der Waals surface area contributed by atoms with Gasteiger partial charge in [0.25, 0.3) is 0 Å². The minimum Gasteiger partial charge on any atom is -0.396 e. The van der Waals surface area contributed by atoms with E-state index in [1.165, 1.54) is 0 Å². The summed E-state index contributed by atoms with van der Waals surface area (Å²) in [6, 6.07) is 56.5. The van der Waals surface area contributed by atoms with Crippen LogP contribution >= 0.6 is 0 Å². The van der Waals surface area contributed by atoms with Crippen molar-refractivity contribution in [2.45, 2.75) is 94.9 Å². The van der Waals surface area contributed by atoms with Gasteiger partial charge >= 0.3 is 0 Å². The summed E-state index contributed by atoms with van der Waals surface area (Å²) in [7, 11) is 1.55. The highest BCUT2D eigenvalue weighted by Crippen LogP contribution is 2.37. The fourth-order valence-corrected chi connectivity index (χ4v) is 8.21. The quantitative estimate of drug-likeness (QED) is 0.0629. The molecule has 0 bridgehead atoms. The third-order valence-electron chi connectivity index (χ3n) is 11.7. The molecule has 1 N–H and O–H groups in total. The van der Waals surface area contributed by atoms with Crippen molar-refractivity contribution in [2.75, 3.05) is 26.9 Å². The van der Waals surface area contributed by atoms with Crippen molar-refractivity contribution in [1.29, 1.82) is 0 Å². The third-order valence-corrected chi connectivity index (χ3v) is 11.7. The van der Waals surface area contributed by atoms with Gasteiger partial charge in [0, 0.05) is 13.0 Å². The maximum Gasteiger partial charge on any atom is 0.187 e. The van der Waals surface area contributed by atoms with E-state index in [2.05, 4.69) is 0 Å². The topological polar surface area (TPSA) is 113 Å². The molecule has 6 aromatic rings. The molecule has 2 fully saturated rings. The van der Waals surface area contributed by atoms with E-state index in [0.717, 1.165) is 16.7 Å². The van der Waals surface area contributed by atoms with E-state index in [-0.39, 0.29) is 33.0 Å². The molecule has 352 valence electrons. The van der Waals surface area contributed by atoms with Gasteiger partial charge in [-0.05, 0) is 33.4 Å². The van der Waals surface area contributed by atoms with E-state index in [0.29, 0.717) is 16.7 Å². The number of ether oxygens (including phenoxy) is 10. The molecule has 0 aliphatic carbocycles. The van der Waals surface area contributed by atoms with Crippen molar-refractivity contribution >= 4 is 0 Å². The molecular formula is C56H62O11. The zero-order valence-electron chi connectivity index (χ0n) is 40.6. The average molecular weight is 914 g/mol. The lowest BCUT2D eigenvalue weighted by Crippen LogP contribution is -2.65. The molecule has 13 atom stereocenters. The Morgan fingerprint density at radius 1 is 0.418 bits per heavy atom. The summed E-state index contributed by atoms with van der Waals surface area (Å²) in [4.78, 5) is 0. The van der Waals surface area contributed by atoms with Gasteiger partial charge in [0.05, 0.1) is 75.7 Å². The number of aliphatic hydroxyl groups is 1. The van der Waals surface area contributed by atoms with E-state index in [1.54, 1.807) is 43.5 Å². The van der Waals surface area contributed by atoms with E-state index in [1.807, 2.05) is 146 Å². The van der Waals surface area contributed by atoms with Crippen LogP contribution in [0.1, 0.15) is 37.5 Å². The van der Waals surface area contributed by atoms with Crippen LogP contribution < -0.4 is 0 Å². The fraction of sp³-hybridized carbons (Fsp3) is 0.357. The molecule has 4 unspecified atom stereocenters. The second kappa shape index (κ2) is 25.9. The van der Waals surface area contributed by atoms with E-state index < -0.39 is 87.6 Å². The van der Waals surface area contributed by atoms with Crippen LogP contribution in [0.15, 0.2) is 182 Å². The Hall–Kier alpha value is -5.12. The lowest BCUT2D eigenvalue weighted by Gasteiger charge is -2.50. The summed E-state index contributed by atoms with van der Waals surface area (Å²) in [5.74, 6) is -0.884. The second-order valence-electron chi connectivity index (χ2n) is 16.4. The minimum absolute atomic E-state index is 0.0193. The van der Waals surface area contributed by atoms with Crippen molar-refractivity contribution in [3.05, 3.63) is 215 Å². The number of benzene rings is 6. The molecule has 8 rings (SSSR count). The average Bonchev–Trinajstić information content (AvgIpc) is 3.41. The highest BCUT2D eigenvalue weighted by atomic mass is 16.8. The van der Waals surface area contributed by atoms with E-state index in [9.17, 15) is 7.85 Å². The highest BCUT2D eigenvalue weighted by molar-refractivity contribution is 5.18. The van der Waals surface area contributed by atoms with Gasteiger partial charge in [0.1, 0.15) is 30.5 Å². The van der Waals surface area contributed by atoms with Gasteiger partial charge < -0.3 is 52.5 Å². The first kappa shape index (κ1) is 44.4. The largest absolute Gasteiger partial charge is 0.396 e. The molecule has 11 nitrogen and oxygen atoms in total. The molecule has 2 heterocycles. The van der Waals surface area contributed by atoms with E-state index >= 15 is 0 Å². The number of hydrogen-bond acceptors (Lipinski definition) is 11. The Morgan fingerprint density at radius 2 is 0.821 bits per heavy atom. The maximum atomic E-state index is 11.3. The van der Waals surface area contributed by atoms with Crippen LogP contribution in [0.4, 0.5) is 0 Å². The van der Waals surface area contributed by atoms with Crippen molar-refractivity contribution in [1.82, 2.24) is 0 Å². The molecule has 67 heavy (non-hydrogen) atoms. The molecule has 11 heteroatoms. The number of aliphatic hydroxyl groups excluding tert-OH is 1. The molecule has 0 radical (unpaired) electrons. The molecular weight excluding hydrogens is 849 g/mol. The van der Waals surface area contributed by atoms with Crippen LogP contribution in [-0.4, -0.2) is 87.3 Å². The van der Waals surface area contributed by atoms with Crippen LogP contribution in [0.5, 0.6) is 0 Å². The Balaban J connectivity index is 1.20. The molecule has 0 aromatic heterocycles. The Kier molecular flexibility index (Phi) is 17.1. The summed E-state index contributed by atoms with van der Waals surface area (Å²) in [6.45, 7) is -3.64. The zero-order valence-corrected chi connectivity index (χ0v) is 37.6. The van der Waals surface area contributed by atoms with Crippen LogP contribution in [-0.2, 0) is 86.9 Å². The minimum atomic E-state index is -1.39. The zero-order chi connectivity index (χ0) is 48.5. The first-order valence-electron chi connectivity index (χ1n) is 24.5. The van der Waals surface area contributed by atoms with Gasteiger partial charge in [-0.3, -0.25) is 0 Å². The van der Waals surface area contributed by atoms with Gasteiger partial charge in [-0.1, -0.05) is 182 Å². The predicted molar refractivity (Wildman–Crippen MR) is 252 cm³/mol. The summed E-state index contributed by atoms with van der Waals surface area (Å²) in [5.41, 5.74) is 4.51. The van der Waals surface area contributed by atoms with Gasteiger partial charge in [0.15, 0.2) is 12.6 Å². The number of methoxy groups -OCH3 is 1. The molecule has 2 aliphatic heterocycles. The molecule has 0 saturated carbocycles. The van der Waals surface area contributed by atoms with E-state index in [4.69, 9.17) is 48.7 Å². The predicted octanol–water partition coefficient (Wildman–Crippen LogP) is 8.85. The molecule has 0 amide bonds. The second-order valence-corrected chi connectivity index (χ2v) is 16.4. The third kappa shape index (κ3) is 14.0. The summed E-state index contributed by atoms with van der Waals surface area (Å²) >= 11 is 0. The van der Waals surface area contributed by atoms with Crippen molar-refractivity contribution in [3.8, 4) is 0 Å². The van der Waals surface area contributed by atoms with Gasteiger partial charge in [0.2, 0.25) is 0 Å². The monoisotopic (exact) mass is 913 g/mol. The Morgan fingerprint density at radius 3 is 1.31 bits per heavy atom. The van der Waals surface area contributed by atoms with Crippen LogP contribution in [0.2, 0.25) is 0 Å². The lowest BCUT2D eigenvalue weighted by molar-refractivity contribution is -0.371. The fourth-order valence-electron chi connectivity index (χ4n) is 8.21. The highest BCUT2D eigenvalue weighted by Gasteiger charge is 2.54. The smallest absolute Gasteiger partial charge is 0.187 e. The maximum absolute atomic E-state index is 11.3. The molecule has 0 spiro atoms. The summed E-state index contributed by atoms with van der Waals surface area (Å²) < 4.78 is 94.3. The lowest BCUT2D eigenvalue weighted by atomic mass is 9.89. The summed E-state index contributed by atoms with van der Waals surface area (Å²) in [6.07, 6.45) is -9.37. The first-order chi connectivity index (χ1) is 34.4. The van der Waals surface area contributed by atoms with Gasteiger partial charge in [-0.2, -0.15) is 0 Å². The SMILES string of the molecule is [2H]C(OC[C@H]1OC(O[C@H]2[C@H](OCc3ccccc3)[C@@H](OCc3ccccc3)[C@@H](OC)O[C@@H]2COCc2ccccc2)[C@H](OC([2H])c2ccccc2)[C@@H](OC([2H])c2ccccc2)[C@@H]1CO)c1ccccc1. The van der Waals surface area contributed by atoms with Crippen molar-refractivity contribution in [2.24, 2.45) is 5.92 Å². The Labute approximate surface area is 398 Å². The first-order valence-corrected chi connectivity index (χ1v) is 22.7. The van der Waals surface area contributed by atoms with Crippen molar-refractivity contribution < 1.29 is 56.6 Å². The van der Waals surface area contributed by atoms with Crippen LogP contribution in [0.3, 0.4) is 0 Å². The van der Waals surface area contributed by atoms with Gasteiger partial charge in [-0.15, -0.1) is 0 Å².